The normalized spacial score (nSPS) is 20.0. The first-order chi connectivity index (χ1) is 13.9. The Morgan fingerprint density at radius 1 is 1.31 bits per heavy atom. The summed E-state index contributed by atoms with van der Waals surface area (Å²) in [7, 11) is 0. The summed E-state index contributed by atoms with van der Waals surface area (Å²) in [6.45, 7) is 9.22. The first-order valence-corrected chi connectivity index (χ1v) is 10.6. The number of benzene rings is 1. The summed E-state index contributed by atoms with van der Waals surface area (Å²) in [5.74, 6) is 2.26. The van der Waals surface area contributed by atoms with Crippen LogP contribution in [0, 0.1) is 25.2 Å². The van der Waals surface area contributed by atoms with E-state index >= 15 is 0 Å². The van der Waals surface area contributed by atoms with Gasteiger partial charge in [0.1, 0.15) is 5.82 Å². The largest absolute Gasteiger partial charge is 0.356 e. The molecule has 1 atom stereocenters. The van der Waals surface area contributed by atoms with Crippen LogP contribution in [0.1, 0.15) is 42.9 Å². The molecule has 4 rings (SSSR count). The van der Waals surface area contributed by atoms with Crippen molar-refractivity contribution in [2.24, 2.45) is 17.1 Å². The van der Waals surface area contributed by atoms with E-state index < -0.39 is 0 Å². The van der Waals surface area contributed by atoms with Gasteiger partial charge >= 0.3 is 0 Å². The van der Waals surface area contributed by atoms with E-state index in [2.05, 4.69) is 47.2 Å². The third-order valence-corrected chi connectivity index (χ3v) is 6.51. The van der Waals surface area contributed by atoms with Gasteiger partial charge in [-0.25, -0.2) is 9.97 Å². The smallest absolute Gasteiger partial charge is 0.226 e. The van der Waals surface area contributed by atoms with Gasteiger partial charge in [0.25, 0.3) is 0 Å². The second-order valence-corrected chi connectivity index (χ2v) is 8.92. The van der Waals surface area contributed by atoms with E-state index in [1.807, 2.05) is 13.1 Å². The monoisotopic (exact) mass is 393 g/mol. The Morgan fingerprint density at radius 2 is 2.10 bits per heavy atom. The van der Waals surface area contributed by atoms with Crippen molar-refractivity contribution in [2.75, 3.05) is 24.5 Å². The first-order valence-electron chi connectivity index (χ1n) is 10.6. The lowest BCUT2D eigenvalue weighted by molar-refractivity contribution is -0.125. The van der Waals surface area contributed by atoms with Crippen molar-refractivity contribution in [3.63, 3.8) is 0 Å². The average molecular weight is 394 g/mol. The number of hydrogen-bond donors (Lipinski definition) is 2. The van der Waals surface area contributed by atoms with Crippen molar-refractivity contribution in [3.8, 4) is 11.4 Å². The molecule has 1 aliphatic heterocycles. The Labute approximate surface area is 172 Å². The van der Waals surface area contributed by atoms with Crippen molar-refractivity contribution >= 4 is 11.7 Å². The summed E-state index contributed by atoms with van der Waals surface area (Å²) < 4.78 is 0. The van der Waals surface area contributed by atoms with Gasteiger partial charge in [-0.1, -0.05) is 19.1 Å². The first kappa shape index (κ1) is 19.8. The summed E-state index contributed by atoms with van der Waals surface area (Å²) in [6, 6.07) is 6.32. The van der Waals surface area contributed by atoms with E-state index in [4.69, 9.17) is 10.7 Å². The summed E-state index contributed by atoms with van der Waals surface area (Å²) in [6.07, 6.45) is 4.89. The number of anilines is 1. The van der Waals surface area contributed by atoms with E-state index in [1.165, 1.54) is 11.1 Å². The Kier molecular flexibility index (Phi) is 5.30. The lowest BCUT2D eigenvalue weighted by Gasteiger charge is -2.22. The van der Waals surface area contributed by atoms with Crippen LogP contribution in [0.4, 0.5) is 5.82 Å². The Bertz CT molecular complexity index is 921. The molecule has 1 aromatic carbocycles. The predicted octanol–water partition coefficient (Wildman–Crippen LogP) is 2.96. The fourth-order valence-electron chi connectivity index (χ4n) is 3.84. The Balaban J connectivity index is 1.62. The molecule has 1 amide bonds. The SMILES string of the molecule is Cc1ccc(-c2ncc(CNC(=O)C3(C)CC3)c(N3CCC(CN)C3)n2)cc1C. The Hall–Kier alpha value is -2.47. The predicted molar refractivity (Wildman–Crippen MR) is 116 cm³/mol. The second-order valence-electron chi connectivity index (χ2n) is 8.92. The van der Waals surface area contributed by atoms with E-state index in [-0.39, 0.29) is 11.3 Å². The van der Waals surface area contributed by atoms with Crippen molar-refractivity contribution in [1.29, 1.82) is 0 Å². The Morgan fingerprint density at radius 3 is 2.76 bits per heavy atom. The molecule has 1 saturated carbocycles. The lowest BCUT2D eigenvalue weighted by Crippen LogP contribution is -2.31. The van der Waals surface area contributed by atoms with Crippen LogP contribution < -0.4 is 16.0 Å². The fraction of sp³-hybridized carbons (Fsp3) is 0.522. The van der Waals surface area contributed by atoms with Gasteiger partial charge in [-0.15, -0.1) is 0 Å². The third kappa shape index (κ3) is 4.13. The highest BCUT2D eigenvalue weighted by molar-refractivity contribution is 5.84. The van der Waals surface area contributed by atoms with Crippen LogP contribution in [0.15, 0.2) is 24.4 Å². The van der Waals surface area contributed by atoms with Crippen molar-refractivity contribution in [2.45, 2.75) is 46.6 Å². The maximum atomic E-state index is 12.4. The molecule has 2 fully saturated rings. The number of nitrogens with zero attached hydrogens (tertiary/aromatic N) is 3. The number of nitrogens with one attached hydrogen (secondary N) is 1. The number of aryl methyl sites for hydroxylation is 2. The van der Waals surface area contributed by atoms with Crippen LogP contribution in [-0.4, -0.2) is 35.5 Å². The van der Waals surface area contributed by atoms with Crippen LogP contribution in [0.3, 0.4) is 0 Å². The number of amides is 1. The van der Waals surface area contributed by atoms with Crippen LogP contribution in [0.5, 0.6) is 0 Å². The number of carbonyl (C=O) groups is 1. The molecule has 2 aromatic rings. The van der Waals surface area contributed by atoms with Gasteiger partial charge in [0, 0.05) is 42.4 Å². The molecule has 0 radical (unpaired) electrons. The summed E-state index contributed by atoms with van der Waals surface area (Å²) in [5.41, 5.74) is 10.2. The molecule has 2 heterocycles. The molecule has 6 heteroatoms. The molecule has 1 saturated heterocycles. The van der Waals surface area contributed by atoms with E-state index in [9.17, 15) is 4.79 Å². The van der Waals surface area contributed by atoms with Gasteiger partial charge in [-0.05, 0) is 62.8 Å². The van der Waals surface area contributed by atoms with Gasteiger partial charge < -0.3 is 16.0 Å². The van der Waals surface area contributed by atoms with Crippen molar-refractivity contribution in [1.82, 2.24) is 15.3 Å². The molecule has 1 aromatic heterocycles. The van der Waals surface area contributed by atoms with Crippen molar-refractivity contribution < 1.29 is 4.79 Å². The maximum absolute atomic E-state index is 12.4. The molecule has 1 unspecified atom stereocenters. The van der Waals surface area contributed by atoms with Crippen LogP contribution >= 0.6 is 0 Å². The zero-order chi connectivity index (χ0) is 20.6. The molecular weight excluding hydrogens is 362 g/mol. The van der Waals surface area contributed by atoms with Gasteiger partial charge in [0.05, 0.1) is 0 Å². The zero-order valence-corrected chi connectivity index (χ0v) is 17.7. The molecule has 0 bridgehead atoms. The highest BCUT2D eigenvalue weighted by atomic mass is 16.2. The van der Waals surface area contributed by atoms with Crippen LogP contribution in [-0.2, 0) is 11.3 Å². The molecule has 0 spiro atoms. The molecular formula is C23H31N5O. The summed E-state index contributed by atoms with van der Waals surface area (Å²) in [4.78, 5) is 24.3. The third-order valence-electron chi connectivity index (χ3n) is 6.51. The quantitative estimate of drug-likeness (QED) is 0.788. The van der Waals surface area contributed by atoms with Gasteiger partial charge in [0.15, 0.2) is 5.82 Å². The minimum absolute atomic E-state index is 0.128. The standard InChI is InChI=1S/C23H31N5O/c1-15-4-5-18(10-16(15)2)20-25-12-19(13-26-22(29)23(3)7-8-23)21(27-20)28-9-6-17(11-24)14-28/h4-5,10,12,17H,6-9,11,13-14,24H2,1-3H3,(H,26,29). The lowest BCUT2D eigenvalue weighted by atomic mass is 10.1. The highest BCUT2D eigenvalue weighted by Gasteiger charge is 2.44. The number of carbonyl (C=O) groups excluding carboxylic acids is 1. The second kappa shape index (κ2) is 7.75. The van der Waals surface area contributed by atoms with E-state index in [0.29, 0.717) is 19.0 Å². The number of aromatic nitrogens is 2. The maximum Gasteiger partial charge on any atom is 0.226 e. The molecule has 1 aliphatic carbocycles. The molecule has 154 valence electrons. The molecule has 3 N–H and O–H groups in total. The number of nitrogens with two attached hydrogens (primary N) is 1. The van der Waals surface area contributed by atoms with Gasteiger partial charge in [0.2, 0.25) is 5.91 Å². The van der Waals surface area contributed by atoms with Gasteiger partial charge in [-0.3, -0.25) is 4.79 Å². The van der Waals surface area contributed by atoms with Gasteiger partial charge in [-0.2, -0.15) is 0 Å². The molecule has 29 heavy (non-hydrogen) atoms. The van der Waals surface area contributed by atoms with Crippen LogP contribution in [0.2, 0.25) is 0 Å². The molecule has 6 nitrogen and oxygen atoms in total. The fourth-order valence-corrected chi connectivity index (χ4v) is 3.84. The zero-order valence-electron chi connectivity index (χ0n) is 17.7. The van der Waals surface area contributed by atoms with E-state index in [1.54, 1.807) is 0 Å². The summed E-state index contributed by atoms with van der Waals surface area (Å²) >= 11 is 0. The summed E-state index contributed by atoms with van der Waals surface area (Å²) in [5, 5.41) is 3.10. The minimum atomic E-state index is -0.182. The molecule has 2 aliphatic rings. The minimum Gasteiger partial charge on any atom is -0.356 e. The number of hydrogen-bond acceptors (Lipinski definition) is 5. The number of rotatable bonds is 6. The van der Waals surface area contributed by atoms with E-state index in [0.717, 1.165) is 55.1 Å². The topological polar surface area (TPSA) is 84.1 Å². The highest BCUT2D eigenvalue weighted by Crippen LogP contribution is 2.45. The average Bonchev–Trinajstić information content (AvgIpc) is 3.30. The van der Waals surface area contributed by atoms with Crippen molar-refractivity contribution in [3.05, 3.63) is 41.1 Å². The van der Waals surface area contributed by atoms with Crippen LogP contribution in [0.25, 0.3) is 11.4 Å².